The molecule has 0 aliphatic heterocycles. The van der Waals surface area contributed by atoms with Crippen LogP contribution in [0.2, 0.25) is 0 Å². The molecule has 0 radical (unpaired) electrons. The highest BCUT2D eigenvalue weighted by molar-refractivity contribution is 7.93. The first-order valence-corrected chi connectivity index (χ1v) is 11.8. The fraction of sp³-hybridized carbons (Fsp3) is 0.318. The van der Waals surface area contributed by atoms with Crippen molar-refractivity contribution >= 4 is 16.1 Å². The number of benzene rings is 1. The monoisotopic (exact) mass is 476 g/mol. The van der Waals surface area contributed by atoms with Crippen LogP contribution in [0.25, 0.3) is 17.5 Å². The van der Waals surface area contributed by atoms with Crippen molar-refractivity contribution in [1.29, 1.82) is 0 Å². The molecule has 1 aromatic carbocycles. The zero-order chi connectivity index (χ0) is 23.6. The quantitative estimate of drug-likeness (QED) is 0.515. The van der Waals surface area contributed by atoms with Gasteiger partial charge in [-0.15, -0.1) is 0 Å². The van der Waals surface area contributed by atoms with Gasteiger partial charge in [0.2, 0.25) is 21.7 Å². The second-order valence-electron chi connectivity index (χ2n) is 7.88. The summed E-state index contributed by atoms with van der Waals surface area (Å²) in [5, 5.41) is 3.96. The van der Waals surface area contributed by atoms with E-state index in [2.05, 4.69) is 24.6 Å². The maximum absolute atomic E-state index is 13.2. The number of alkyl halides is 2. The summed E-state index contributed by atoms with van der Waals surface area (Å²) in [6.45, 7) is 0.774. The molecule has 0 fully saturated rings. The van der Waals surface area contributed by atoms with Crippen molar-refractivity contribution in [2.24, 2.45) is 5.92 Å². The van der Waals surface area contributed by atoms with Gasteiger partial charge in [0.05, 0.1) is 4.91 Å². The van der Waals surface area contributed by atoms with E-state index in [4.69, 9.17) is 4.52 Å². The molecule has 0 spiro atoms. The van der Waals surface area contributed by atoms with Crippen LogP contribution in [-0.2, 0) is 16.4 Å². The molecule has 3 aromatic rings. The van der Waals surface area contributed by atoms with Crippen molar-refractivity contribution in [1.82, 2.24) is 19.8 Å². The first-order chi connectivity index (χ1) is 15.7. The molecule has 1 unspecified atom stereocenters. The predicted octanol–water partition coefficient (Wildman–Crippen LogP) is 4.34. The van der Waals surface area contributed by atoms with Gasteiger partial charge in [0.1, 0.15) is 11.8 Å². The number of hydrogen-bond acceptors (Lipinski definition) is 7. The molecule has 0 amide bonds. The zero-order valence-electron chi connectivity index (χ0n) is 17.9. The van der Waals surface area contributed by atoms with Gasteiger partial charge in [-0.1, -0.05) is 25.1 Å². The summed E-state index contributed by atoms with van der Waals surface area (Å²) in [5.41, 5.74) is 2.08. The van der Waals surface area contributed by atoms with Crippen molar-refractivity contribution in [3.8, 4) is 17.1 Å². The van der Waals surface area contributed by atoms with E-state index in [0.717, 1.165) is 5.56 Å². The molecule has 1 aliphatic carbocycles. The number of pyridine rings is 1. The maximum atomic E-state index is 13.2. The second-order valence-corrected chi connectivity index (χ2v) is 9.65. The van der Waals surface area contributed by atoms with Crippen LogP contribution in [0.1, 0.15) is 43.3 Å². The molecule has 1 atom stereocenters. The van der Waals surface area contributed by atoms with Crippen molar-refractivity contribution < 1.29 is 26.5 Å². The van der Waals surface area contributed by atoms with Gasteiger partial charge in [-0.2, -0.15) is 18.5 Å². The van der Waals surface area contributed by atoms with E-state index in [1.165, 1.54) is 12.1 Å². The Morgan fingerprint density at radius 3 is 2.58 bits per heavy atom. The van der Waals surface area contributed by atoms with Crippen LogP contribution in [-0.4, -0.2) is 30.2 Å². The third-order valence-electron chi connectivity index (χ3n) is 5.24. The molecule has 1 aliphatic rings. The summed E-state index contributed by atoms with van der Waals surface area (Å²) in [5.74, 6) is 0.370. The van der Waals surface area contributed by atoms with Crippen LogP contribution in [0, 0.1) is 5.92 Å². The lowest BCUT2D eigenvalue weighted by molar-refractivity contribution is -0.0498. The smallest absolute Gasteiger partial charge is 0.387 e. The van der Waals surface area contributed by atoms with Gasteiger partial charge in [0.15, 0.2) is 0 Å². The van der Waals surface area contributed by atoms with Gasteiger partial charge < -0.3 is 9.26 Å². The number of aromatic nitrogens is 3. The largest absolute Gasteiger partial charge is 0.435 e. The number of nitrogens with one attached hydrogen (secondary N) is 1. The molecule has 8 nitrogen and oxygen atoms in total. The molecule has 174 valence electrons. The van der Waals surface area contributed by atoms with E-state index in [-0.39, 0.29) is 28.9 Å². The number of nitrogens with zero attached hydrogens (tertiary/aromatic N) is 3. The Balaban J connectivity index is 1.57. The number of ether oxygens (including phenoxy) is 1. The number of halogens is 2. The Bertz CT molecular complexity index is 1260. The summed E-state index contributed by atoms with van der Waals surface area (Å²) < 4.78 is 63.7. The Labute approximate surface area is 189 Å². The Morgan fingerprint density at radius 1 is 1.12 bits per heavy atom. The molecule has 2 heterocycles. The maximum Gasteiger partial charge on any atom is 0.387 e. The van der Waals surface area contributed by atoms with Crippen LogP contribution < -0.4 is 9.46 Å². The lowest BCUT2D eigenvalue weighted by atomic mass is 9.97. The van der Waals surface area contributed by atoms with Crippen LogP contribution in [0.15, 0.2) is 52.2 Å². The van der Waals surface area contributed by atoms with Crippen LogP contribution >= 0.6 is 0 Å². The molecule has 2 aromatic heterocycles. The summed E-state index contributed by atoms with van der Waals surface area (Å²) in [6, 6.07) is 7.18. The van der Waals surface area contributed by atoms with E-state index in [1.807, 2.05) is 13.8 Å². The lowest BCUT2D eigenvalue weighted by Gasteiger charge is -2.22. The first kappa shape index (κ1) is 23.0. The van der Waals surface area contributed by atoms with Crippen LogP contribution in [0.5, 0.6) is 5.75 Å². The zero-order valence-corrected chi connectivity index (χ0v) is 18.7. The van der Waals surface area contributed by atoms with E-state index in [1.54, 1.807) is 36.7 Å². The van der Waals surface area contributed by atoms with Crippen LogP contribution in [0.4, 0.5) is 8.78 Å². The third kappa shape index (κ3) is 5.25. The van der Waals surface area contributed by atoms with Gasteiger partial charge in [-0.3, -0.25) is 4.98 Å². The molecule has 33 heavy (non-hydrogen) atoms. The van der Waals surface area contributed by atoms with E-state index in [9.17, 15) is 17.2 Å². The highest BCUT2D eigenvalue weighted by Gasteiger charge is 2.31. The SMILES string of the molecule is CC(C)C(NS(=O)(=O)C1=Cc2ccc(OC(F)F)cc2CC1)c1nc(-c2ccncc2)no1. The number of rotatable bonds is 8. The van der Waals surface area contributed by atoms with Gasteiger partial charge >= 0.3 is 6.61 Å². The highest BCUT2D eigenvalue weighted by Crippen LogP contribution is 2.32. The fourth-order valence-electron chi connectivity index (χ4n) is 3.53. The minimum atomic E-state index is -3.88. The molecule has 11 heteroatoms. The van der Waals surface area contributed by atoms with Crippen molar-refractivity contribution in [3.63, 3.8) is 0 Å². The Kier molecular flexibility index (Phi) is 6.52. The van der Waals surface area contributed by atoms with Gasteiger partial charge in [-0.05, 0) is 60.2 Å². The van der Waals surface area contributed by atoms with Crippen molar-refractivity contribution in [2.45, 2.75) is 39.3 Å². The molecular formula is C22H22F2N4O4S. The first-order valence-electron chi connectivity index (χ1n) is 10.3. The Morgan fingerprint density at radius 2 is 1.88 bits per heavy atom. The lowest BCUT2D eigenvalue weighted by Crippen LogP contribution is -2.33. The number of aryl methyl sites for hydroxylation is 1. The third-order valence-corrected chi connectivity index (χ3v) is 6.81. The summed E-state index contributed by atoms with van der Waals surface area (Å²) in [7, 11) is -3.88. The standard InChI is InChI=1S/C22H22F2N4O4S/c1-13(2)19(21-26-20(27-32-21)14-7-9-25-10-8-14)28-33(29,30)18-6-4-15-11-17(31-22(23)24)5-3-16(15)12-18/h3,5,7-13,19,22,28H,4,6H2,1-2H3. The number of allylic oxidation sites excluding steroid dienone is 1. The van der Waals surface area contributed by atoms with E-state index < -0.39 is 22.7 Å². The molecule has 1 N–H and O–H groups in total. The van der Waals surface area contributed by atoms with Gasteiger partial charge in [0.25, 0.3) is 0 Å². The molecule has 0 saturated heterocycles. The minimum Gasteiger partial charge on any atom is -0.435 e. The topological polar surface area (TPSA) is 107 Å². The van der Waals surface area contributed by atoms with E-state index in [0.29, 0.717) is 23.4 Å². The summed E-state index contributed by atoms with van der Waals surface area (Å²) in [6.07, 6.45) is 5.34. The molecular weight excluding hydrogens is 454 g/mol. The summed E-state index contributed by atoms with van der Waals surface area (Å²) >= 11 is 0. The average molecular weight is 477 g/mol. The highest BCUT2D eigenvalue weighted by atomic mass is 32.2. The number of sulfonamides is 1. The van der Waals surface area contributed by atoms with Crippen LogP contribution in [0.3, 0.4) is 0 Å². The predicted molar refractivity (Wildman–Crippen MR) is 117 cm³/mol. The summed E-state index contributed by atoms with van der Waals surface area (Å²) in [4.78, 5) is 8.52. The van der Waals surface area contributed by atoms with Crippen molar-refractivity contribution in [3.05, 3.63) is 64.6 Å². The van der Waals surface area contributed by atoms with E-state index >= 15 is 0 Å². The minimum absolute atomic E-state index is 0.0443. The second kappa shape index (κ2) is 9.36. The average Bonchev–Trinajstić information content (AvgIpc) is 3.27. The van der Waals surface area contributed by atoms with Gasteiger partial charge in [-0.25, -0.2) is 8.42 Å². The van der Waals surface area contributed by atoms with Crippen molar-refractivity contribution in [2.75, 3.05) is 0 Å². The normalized spacial score (nSPS) is 14.8. The molecule has 4 rings (SSSR count). The molecule has 0 saturated carbocycles. The Hall–Kier alpha value is -3.18. The fourth-order valence-corrected chi connectivity index (χ4v) is 5.04. The van der Waals surface area contributed by atoms with Gasteiger partial charge in [0, 0.05) is 18.0 Å². The molecule has 0 bridgehead atoms. The number of fused-ring (bicyclic) bond motifs is 1. The number of hydrogen-bond donors (Lipinski definition) is 1.